The Hall–Kier alpha value is -4.16. The summed E-state index contributed by atoms with van der Waals surface area (Å²) in [6.07, 6.45) is 3.01. The van der Waals surface area contributed by atoms with Gasteiger partial charge in [0.15, 0.2) is 0 Å². The SMILES string of the molecule is CN(C)C(CCc1cc(N)c([N+](=O)[O-])cc1Nc1nccc(-c2c[nH]c3ccccc23)n1)OC(F)F. The molecule has 12 heteroatoms. The number of halogens is 2. The summed E-state index contributed by atoms with van der Waals surface area (Å²) in [6, 6.07) is 12.3. The summed E-state index contributed by atoms with van der Waals surface area (Å²) in [5.74, 6) is 0.214. The van der Waals surface area contributed by atoms with Crippen molar-refractivity contribution in [3.05, 3.63) is 70.5 Å². The Balaban J connectivity index is 1.66. The van der Waals surface area contributed by atoms with Gasteiger partial charge in [0, 0.05) is 34.9 Å². The minimum absolute atomic E-state index is 0.0369. The number of benzene rings is 2. The van der Waals surface area contributed by atoms with E-state index < -0.39 is 17.8 Å². The number of H-pyrrole nitrogens is 1. The van der Waals surface area contributed by atoms with Crippen LogP contribution in [-0.4, -0.2) is 51.7 Å². The molecule has 1 unspecified atom stereocenters. The first-order chi connectivity index (χ1) is 17.2. The molecule has 0 aliphatic heterocycles. The molecule has 2 heterocycles. The van der Waals surface area contributed by atoms with Crippen LogP contribution in [0.5, 0.6) is 0 Å². The number of ether oxygens (including phenoxy) is 1. The van der Waals surface area contributed by atoms with Gasteiger partial charge >= 0.3 is 6.61 Å². The predicted molar refractivity (Wildman–Crippen MR) is 133 cm³/mol. The van der Waals surface area contributed by atoms with Crippen LogP contribution in [0.1, 0.15) is 12.0 Å². The molecule has 2 aromatic heterocycles. The highest BCUT2D eigenvalue weighted by atomic mass is 19.3. The number of hydrogen-bond donors (Lipinski definition) is 3. The van der Waals surface area contributed by atoms with Gasteiger partial charge in [-0.1, -0.05) is 18.2 Å². The second kappa shape index (κ2) is 10.6. The Morgan fingerprint density at radius 1 is 1.25 bits per heavy atom. The van der Waals surface area contributed by atoms with Crippen LogP contribution in [0.2, 0.25) is 0 Å². The average molecular weight is 498 g/mol. The third kappa shape index (κ3) is 5.56. The number of nitrogens with zero attached hydrogens (tertiary/aromatic N) is 4. The Bertz CT molecular complexity index is 1380. The van der Waals surface area contributed by atoms with Crippen LogP contribution in [0.15, 0.2) is 54.9 Å². The predicted octanol–water partition coefficient (Wildman–Crippen LogP) is 4.92. The number of nitro groups is 1. The molecule has 0 fully saturated rings. The summed E-state index contributed by atoms with van der Waals surface area (Å²) in [5, 5.41) is 15.5. The lowest BCUT2D eigenvalue weighted by Crippen LogP contribution is -2.32. The first-order valence-electron chi connectivity index (χ1n) is 11.1. The van der Waals surface area contributed by atoms with Gasteiger partial charge in [0.25, 0.3) is 5.69 Å². The first kappa shape index (κ1) is 24.9. The van der Waals surface area contributed by atoms with Crippen molar-refractivity contribution in [1.82, 2.24) is 19.9 Å². The van der Waals surface area contributed by atoms with Crippen molar-refractivity contribution < 1.29 is 18.4 Å². The van der Waals surface area contributed by atoms with Crippen LogP contribution >= 0.6 is 0 Å². The van der Waals surface area contributed by atoms with Crippen molar-refractivity contribution in [2.45, 2.75) is 25.7 Å². The molecule has 0 radical (unpaired) electrons. The zero-order valence-corrected chi connectivity index (χ0v) is 19.6. The molecular formula is C24H25F2N7O3. The second-order valence-corrected chi connectivity index (χ2v) is 8.32. The van der Waals surface area contributed by atoms with Crippen LogP contribution in [0.25, 0.3) is 22.2 Å². The van der Waals surface area contributed by atoms with Crippen LogP contribution < -0.4 is 11.1 Å². The number of nitrogens with two attached hydrogens (primary N) is 1. The summed E-state index contributed by atoms with van der Waals surface area (Å²) >= 11 is 0. The summed E-state index contributed by atoms with van der Waals surface area (Å²) < 4.78 is 30.3. The molecule has 10 nitrogen and oxygen atoms in total. The Kier molecular flexibility index (Phi) is 7.36. The number of anilines is 3. The Labute approximate surface area is 205 Å². The van der Waals surface area contributed by atoms with Gasteiger partial charge in [-0.15, -0.1) is 0 Å². The van der Waals surface area contributed by atoms with Gasteiger partial charge in [-0.25, -0.2) is 9.97 Å². The van der Waals surface area contributed by atoms with E-state index in [0.29, 0.717) is 16.9 Å². The third-order valence-corrected chi connectivity index (χ3v) is 5.71. The minimum Gasteiger partial charge on any atom is -0.393 e. The van der Waals surface area contributed by atoms with Gasteiger partial charge < -0.3 is 20.8 Å². The van der Waals surface area contributed by atoms with Crippen molar-refractivity contribution in [3.8, 4) is 11.3 Å². The maximum absolute atomic E-state index is 12.8. The molecule has 1 atom stereocenters. The molecule has 188 valence electrons. The fraction of sp³-hybridized carbons (Fsp3) is 0.250. The van der Waals surface area contributed by atoms with E-state index in [4.69, 9.17) is 5.73 Å². The lowest BCUT2D eigenvalue weighted by molar-refractivity contribution is -0.383. The molecule has 0 spiro atoms. The van der Waals surface area contributed by atoms with Crippen LogP contribution in [0.3, 0.4) is 0 Å². The van der Waals surface area contributed by atoms with Crippen molar-refractivity contribution >= 4 is 33.9 Å². The number of rotatable bonds is 10. The summed E-state index contributed by atoms with van der Waals surface area (Å²) in [5.41, 5.74) is 8.98. The number of aromatic amines is 1. The molecule has 0 amide bonds. The number of aromatic nitrogens is 3. The molecule has 0 aliphatic carbocycles. The fourth-order valence-electron chi connectivity index (χ4n) is 3.95. The second-order valence-electron chi connectivity index (χ2n) is 8.32. The van der Waals surface area contributed by atoms with E-state index in [1.165, 1.54) is 17.0 Å². The zero-order chi connectivity index (χ0) is 25.8. The molecule has 0 aliphatic rings. The largest absolute Gasteiger partial charge is 0.393 e. The third-order valence-electron chi connectivity index (χ3n) is 5.71. The maximum atomic E-state index is 12.8. The van der Waals surface area contributed by atoms with Crippen molar-refractivity contribution in [3.63, 3.8) is 0 Å². The number of nitrogens with one attached hydrogen (secondary N) is 2. The topological polar surface area (TPSA) is 135 Å². The minimum atomic E-state index is -2.93. The number of hydrogen-bond acceptors (Lipinski definition) is 8. The Morgan fingerprint density at radius 3 is 2.75 bits per heavy atom. The van der Waals surface area contributed by atoms with Gasteiger partial charge in [-0.05, 0) is 50.7 Å². The highest BCUT2D eigenvalue weighted by Crippen LogP contribution is 2.33. The molecule has 36 heavy (non-hydrogen) atoms. The van der Waals surface area contributed by atoms with Gasteiger partial charge in [0.2, 0.25) is 5.95 Å². The van der Waals surface area contributed by atoms with Gasteiger partial charge in [0.05, 0.1) is 16.3 Å². The van der Waals surface area contributed by atoms with E-state index >= 15 is 0 Å². The van der Waals surface area contributed by atoms with Crippen molar-refractivity contribution in [1.29, 1.82) is 0 Å². The molecular weight excluding hydrogens is 472 g/mol. The number of nitrogen functional groups attached to an aromatic ring is 1. The maximum Gasteiger partial charge on any atom is 0.346 e. The smallest absolute Gasteiger partial charge is 0.346 e. The molecule has 4 aromatic rings. The Morgan fingerprint density at radius 2 is 2.03 bits per heavy atom. The highest BCUT2D eigenvalue weighted by Gasteiger charge is 2.21. The average Bonchev–Trinajstić information content (AvgIpc) is 3.27. The molecule has 0 saturated carbocycles. The quantitative estimate of drug-likeness (QED) is 0.122. The monoisotopic (exact) mass is 497 g/mol. The zero-order valence-electron chi connectivity index (χ0n) is 19.6. The highest BCUT2D eigenvalue weighted by molar-refractivity contribution is 5.94. The number of alkyl halides is 2. The fourth-order valence-corrected chi connectivity index (χ4v) is 3.95. The lowest BCUT2D eigenvalue weighted by atomic mass is 10.0. The van der Waals surface area contributed by atoms with Crippen molar-refractivity contribution in [2.75, 3.05) is 25.1 Å². The van der Waals surface area contributed by atoms with Crippen molar-refractivity contribution in [2.24, 2.45) is 0 Å². The van der Waals surface area contributed by atoms with Crippen LogP contribution in [0, 0.1) is 10.1 Å². The van der Waals surface area contributed by atoms with E-state index in [0.717, 1.165) is 16.5 Å². The van der Waals surface area contributed by atoms with E-state index in [2.05, 4.69) is 25.0 Å². The number of para-hydroxylation sites is 1. The number of aryl methyl sites for hydroxylation is 1. The van der Waals surface area contributed by atoms with E-state index in [1.807, 2.05) is 30.5 Å². The van der Waals surface area contributed by atoms with E-state index in [9.17, 15) is 18.9 Å². The molecule has 2 aromatic carbocycles. The summed E-state index contributed by atoms with van der Waals surface area (Å²) in [4.78, 5) is 24.5. The standard InChI is InChI=1S/C24H25F2N7O3/c1-32(2)22(36-23(25)26)8-7-14-11-17(27)21(33(34)35)12-20(14)31-24-28-10-9-19(30-24)16-13-29-18-6-4-3-5-15(16)18/h3-6,9-13,22-23,29H,7-8,27H2,1-2H3,(H,28,30,31). The molecule has 4 N–H and O–H groups in total. The summed E-state index contributed by atoms with van der Waals surface area (Å²) in [6.45, 7) is -2.93. The van der Waals surface area contributed by atoms with Gasteiger partial charge in [0.1, 0.15) is 11.9 Å². The molecule has 4 rings (SSSR count). The normalized spacial score (nSPS) is 12.4. The first-order valence-corrected chi connectivity index (χ1v) is 11.1. The molecule has 0 bridgehead atoms. The van der Waals surface area contributed by atoms with Gasteiger partial charge in [-0.3, -0.25) is 15.0 Å². The van der Waals surface area contributed by atoms with Gasteiger partial charge in [-0.2, -0.15) is 8.78 Å². The number of fused-ring (bicyclic) bond motifs is 1. The summed E-state index contributed by atoms with van der Waals surface area (Å²) in [7, 11) is 3.25. The lowest BCUT2D eigenvalue weighted by Gasteiger charge is -2.24. The van der Waals surface area contributed by atoms with E-state index in [-0.39, 0.29) is 30.2 Å². The van der Waals surface area contributed by atoms with Crippen LogP contribution in [0.4, 0.5) is 31.8 Å². The number of nitro benzene ring substituents is 1. The van der Waals surface area contributed by atoms with Crippen LogP contribution in [-0.2, 0) is 11.2 Å². The van der Waals surface area contributed by atoms with E-state index in [1.54, 1.807) is 26.4 Å². The molecule has 0 saturated heterocycles.